The van der Waals surface area contributed by atoms with Gasteiger partial charge in [0.2, 0.25) is 0 Å². The van der Waals surface area contributed by atoms with Crippen LogP contribution in [0.5, 0.6) is 0 Å². The number of alkyl halides is 5. The zero-order chi connectivity index (χ0) is 24.1. The predicted octanol–water partition coefficient (Wildman–Crippen LogP) is 3.71. The van der Waals surface area contributed by atoms with Gasteiger partial charge < -0.3 is 9.80 Å². The molecule has 13 heteroatoms. The van der Waals surface area contributed by atoms with Crippen LogP contribution in [-0.2, 0) is 12.7 Å². The molecule has 1 spiro atoms. The van der Waals surface area contributed by atoms with E-state index >= 15 is 0 Å². The summed E-state index contributed by atoms with van der Waals surface area (Å²) < 4.78 is 66.2. The lowest BCUT2D eigenvalue weighted by Crippen LogP contribution is -2.42. The van der Waals surface area contributed by atoms with Gasteiger partial charge in [-0.1, -0.05) is 0 Å². The monoisotopic (exact) mass is 482 g/mol. The number of rotatable bonds is 4. The van der Waals surface area contributed by atoms with Crippen molar-refractivity contribution in [2.45, 2.75) is 45.3 Å². The SMILES string of the molecule is Cc1ncc(C(F)(F)F)nc1N1CCC2(CCN(c3cnc4cnn(CC(F)F)c4n3)CC2)C1. The molecular formula is C21H23F5N8. The van der Waals surface area contributed by atoms with E-state index in [1.165, 1.54) is 6.20 Å². The first-order chi connectivity index (χ1) is 16.1. The van der Waals surface area contributed by atoms with E-state index in [-0.39, 0.29) is 11.2 Å². The maximum Gasteiger partial charge on any atom is 0.434 e. The minimum absolute atomic E-state index is 0.0339. The molecule has 34 heavy (non-hydrogen) atoms. The number of anilines is 2. The largest absolute Gasteiger partial charge is 0.434 e. The van der Waals surface area contributed by atoms with Crippen molar-refractivity contribution >= 4 is 22.8 Å². The second kappa shape index (κ2) is 8.27. The minimum Gasteiger partial charge on any atom is -0.355 e. The Balaban J connectivity index is 1.29. The fourth-order valence-corrected chi connectivity index (χ4v) is 4.87. The van der Waals surface area contributed by atoms with Crippen LogP contribution in [0.15, 0.2) is 18.6 Å². The highest BCUT2D eigenvalue weighted by Gasteiger charge is 2.42. The lowest BCUT2D eigenvalue weighted by atomic mass is 9.78. The van der Waals surface area contributed by atoms with E-state index < -0.39 is 24.8 Å². The van der Waals surface area contributed by atoms with Gasteiger partial charge in [-0.3, -0.25) is 4.98 Å². The topological polar surface area (TPSA) is 75.9 Å². The number of hydrogen-bond donors (Lipinski definition) is 0. The van der Waals surface area contributed by atoms with Crippen molar-refractivity contribution < 1.29 is 22.0 Å². The maximum absolute atomic E-state index is 13.1. The zero-order valence-electron chi connectivity index (χ0n) is 18.4. The third kappa shape index (κ3) is 4.23. The number of fused-ring (bicyclic) bond motifs is 1. The highest BCUT2D eigenvalue weighted by atomic mass is 19.4. The summed E-state index contributed by atoms with van der Waals surface area (Å²) in [5.74, 6) is 0.894. The lowest BCUT2D eigenvalue weighted by Gasteiger charge is -2.39. The van der Waals surface area contributed by atoms with Crippen LogP contribution in [0.1, 0.15) is 30.7 Å². The van der Waals surface area contributed by atoms with Crippen LogP contribution in [0.4, 0.5) is 33.6 Å². The quantitative estimate of drug-likeness (QED) is 0.525. The summed E-state index contributed by atoms with van der Waals surface area (Å²) in [6.45, 7) is 3.73. The summed E-state index contributed by atoms with van der Waals surface area (Å²) in [5, 5.41) is 3.95. The third-order valence-corrected chi connectivity index (χ3v) is 6.75. The van der Waals surface area contributed by atoms with Crippen molar-refractivity contribution in [1.82, 2.24) is 29.7 Å². The molecule has 0 atom stereocenters. The Morgan fingerprint density at radius 1 is 0.971 bits per heavy atom. The van der Waals surface area contributed by atoms with Gasteiger partial charge in [0, 0.05) is 26.2 Å². The Morgan fingerprint density at radius 2 is 1.68 bits per heavy atom. The number of nitrogens with zero attached hydrogens (tertiary/aromatic N) is 8. The molecule has 0 N–H and O–H groups in total. The average molecular weight is 482 g/mol. The minimum atomic E-state index is -4.54. The van der Waals surface area contributed by atoms with Crippen molar-refractivity contribution in [3.05, 3.63) is 30.0 Å². The van der Waals surface area contributed by atoms with E-state index in [1.807, 2.05) is 4.90 Å². The van der Waals surface area contributed by atoms with E-state index in [0.717, 1.165) is 30.1 Å². The molecule has 3 aromatic rings. The van der Waals surface area contributed by atoms with Gasteiger partial charge in [-0.05, 0) is 31.6 Å². The molecule has 2 aliphatic heterocycles. The average Bonchev–Trinajstić information content (AvgIpc) is 3.38. The van der Waals surface area contributed by atoms with E-state index in [0.29, 0.717) is 48.9 Å². The fraction of sp³-hybridized carbons (Fsp3) is 0.571. The van der Waals surface area contributed by atoms with Crippen LogP contribution in [0.25, 0.3) is 11.2 Å². The molecule has 8 nitrogen and oxygen atoms in total. The molecule has 0 aliphatic carbocycles. The highest BCUT2D eigenvalue weighted by molar-refractivity contribution is 5.71. The van der Waals surface area contributed by atoms with Crippen LogP contribution in [-0.4, -0.2) is 62.3 Å². The molecule has 0 unspecified atom stereocenters. The first-order valence-corrected chi connectivity index (χ1v) is 11.0. The van der Waals surface area contributed by atoms with Crippen LogP contribution in [0, 0.1) is 12.3 Å². The van der Waals surface area contributed by atoms with Gasteiger partial charge in [0.25, 0.3) is 6.43 Å². The van der Waals surface area contributed by atoms with E-state index in [4.69, 9.17) is 0 Å². The Labute approximate surface area is 191 Å². The summed E-state index contributed by atoms with van der Waals surface area (Å²) in [6, 6.07) is 0. The van der Waals surface area contributed by atoms with Crippen molar-refractivity contribution in [3.8, 4) is 0 Å². The van der Waals surface area contributed by atoms with Gasteiger partial charge in [0.1, 0.15) is 17.9 Å². The fourth-order valence-electron chi connectivity index (χ4n) is 4.87. The van der Waals surface area contributed by atoms with E-state index in [1.54, 1.807) is 13.1 Å². The molecule has 182 valence electrons. The van der Waals surface area contributed by atoms with Gasteiger partial charge in [0.15, 0.2) is 17.2 Å². The molecule has 3 aromatic heterocycles. The maximum atomic E-state index is 13.1. The van der Waals surface area contributed by atoms with E-state index in [9.17, 15) is 22.0 Å². The summed E-state index contributed by atoms with van der Waals surface area (Å²) in [5.41, 5.74) is 0.245. The van der Waals surface area contributed by atoms with Crippen molar-refractivity contribution in [1.29, 1.82) is 0 Å². The predicted molar refractivity (Wildman–Crippen MR) is 114 cm³/mol. The molecule has 0 amide bonds. The molecule has 2 saturated heterocycles. The highest BCUT2D eigenvalue weighted by Crippen LogP contribution is 2.43. The number of aryl methyl sites for hydroxylation is 1. The Hall–Kier alpha value is -3.12. The van der Waals surface area contributed by atoms with Gasteiger partial charge >= 0.3 is 6.18 Å². The third-order valence-electron chi connectivity index (χ3n) is 6.75. The van der Waals surface area contributed by atoms with Crippen molar-refractivity contribution in [3.63, 3.8) is 0 Å². The second-order valence-corrected chi connectivity index (χ2v) is 8.98. The summed E-state index contributed by atoms with van der Waals surface area (Å²) >= 11 is 0. The Bertz CT molecular complexity index is 1190. The smallest absolute Gasteiger partial charge is 0.355 e. The van der Waals surface area contributed by atoms with Crippen LogP contribution in [0.2, 0.25) is 0 Å². The van der Waals surface area contributed by atoms with Gasteiger partial charge in [-0.25, -0.2) is 28.4 Å². The first kappa shape index (κ1) is 22.7. The molecular weight excluding hydrogens is 459 g/mol. The molecule has 5 rings (SSSR count). The van der Waals surface area contributed by atoms with E-state index in [2.05, 4.69) is 29.9 Å². The summed E-state index contributed by atoms with van der Waals surface area (Å²) in [6.07, 6.45) is -0.763. The number of piperidine rings is 1. The number of halogens is 5. The molecule has 5 heterocycles. The van der Waals surface area contributed by atoms with Gasteiger partial charge in [-0.2, -0.15) is 18.3 Å². The standard InChI is InChI=1S/C21H23F5N8/c1-13-18(30-15(9-27-13)21(24,25)26)33-7-4-20(12-33)2-5-32(6-3-20)17-10-28-14-8-29-34(11-16(22)23)19(14)31-17/h8-10,16H,2-7,11-12H2,1H3. The normalized spacial score (nSPS) is 18.6. The molecule has 2 fully saturated rings. The van der Waals surface area contributed by atoms with Crippen LogP contribution < -0.4 is 9.80 Å². The summed E-state index contributed by atoms with van der Waals surface area (Å²) in [4.78, 5) is 20.6. The zero-order valence-corrected chi connectivity index (χ0v) is 18.4. The van der Waals surface area contributed by atoms with Crippen LogP contribution in [0.3, 0.4) is 0 Å². The molecule has 0 radical (unpaired) electrons. The first-order valence-electron chi connectivity index (χ1n) is 11.0. The molecule has 2 aliphatic rings. The molecule has 0 saturated carbocycles. The van der Waals surface area contributed by atoms with Crippen molar-refractivity contribution in [2.75, 3.05) is 36.0 Å². The number of aromatic nitrogens is 6. The second-order valence-electron chi connectivity index (χ2n) is 8.98. The molecule has 0 bridgehead atoms. The number of hydrogen-bond acceptors (Lipinski definition) is 7. The molecule has 0 aromatic carbocycles. The Morgan fingerprint density at radius 3 is 2.35 bits per heavy atom. The van der Waals surface area contributed by atoms with Gasteiger partial charge in [-0.15, -0.1) is 0 Å². The Kier molecular flexibility index (Phi) is 5.52. The van der Waals surface area contributed by atoms with Crippen molar-refractivity contribution in [2.24, 2.45) is 5.41 Å². The van der Waals surface area contributed by atoms with Crippen LogP contribution >= 0.6 is 0 Å². The van der Waals surface area contributed by atoms with Gasteiger partial charge in [0.05, 0.1) is 24.3 Å². The lowest BCUT2D eigenvalue weighted by molar-refractivity contribution is -0.141. The summed E-state index contributed by atoms with van der Waals surface area (Å²) in [7, 11) is 0.